The van der Waals surface area contributed by atoms with E-state index in [0.29, 0.717) is 44.1 Å². The summed E-state index contributed by atoms with van der Waals surface area (Å²) in [4.78, 5) is 41.4. The number of benzene rings is 1. The Morgan fingerprint density at radius 1 is 1.22 bits per heavy atom. The van der Waals surface area contributed by atoms with Crippen LogP contribution in [0, 0.1) is 5.82 Å². The SMILES string of the molecule is CC(C)(C)OC(=O)NCC(=O)N1CCN(c2ccc(N3C[C@H](Cn4ccnn4)OC3=O)cc2F)CC1. The number of carbonyl (C=O) groups excluding carboxylic acids is 3. The molecule has 2 aliphatic rings. The van der Waals surface area contributed by atoms with E-state index < -0.39 is 29.7 Å². The fourth-order valence-electron chi connectivity index (χ4n) is 4.06. The highest BCUT2D eigenvalue weighted by molar-refractivity contribution is 5.90. The molecule has 194 valence electrons. The van der Waals surface area contributed by atoms with Crippen molar-refractivity contribution in [1.29, 1.82) is 0 Å². The Balaban J connectivity index is 1.29. The molecule has 0 radical (unpaired) electrons. The standard InChI is InChI=1S/C23H30FN7O5/c1-23(2,3)36-21(33)25-13-20(32)29-10-8-28(9-11-29)19-5-4-16(12-18(19)24)31-15-17(35-22(31)34)14-30-7-6-26-27-30/h4-7,12,17H,8-11,13-15H2,1-3H3,(H,25,33)/t17-/m0/s1. The summed E-state index contributed by atoms with van der Waals surface area (Å²) in [5, 5.41) is 10.1. The van der Waals surface area contributed by atoms with Crippen LogP contribution in [0.1, 0.15) is 20.8 Å². The maximum absolute atomic E-state index is 15.0. The van der Waals surface area contributed by atoms with E-state index in [2.05, 4.69) is 15.6 Å². The van der Waals surface area contributed by atoms with Gasteiger partial charge in [-0.05, 0) is 39.0 Å². The first kappa shape index (κ1) is 25.2. The van der Waals surface area contributed by atoms with Crippen LogP contribution in [0.15, 0.2) is 30.6 Å². The predicted molar refractivity (Wildman–Crippen MR) is 127 cm³/mol. The number of ether oxygens (including phenoxy) is 2. The molecule has 2 saturated heterocycles. The van der Waals surface area contributed by atoms with Gasteiger partial charge in [-0.2, -0.15) is 0 Å². The van der Waals surface area contributed by atoms with Gasteiger partial charge in [0.15, 0.2) is 0 Å². The zero-order valence-electron chi connectivity index (χ0n) is 20.5. The molecule has 3 heterocycles. The van der Waals surface area contributed by atoms with E-state index in [1.165, 1.54) is 11.0 Å². The number of cyclic esters (lactones) is 1. The number of piperazine rings is 1. The first-order valence-corrected chi connectivity index (χ1v) is 11.7. The van der Waals surface area contributed by atoms with Crippen LogP contribution in [0.3, 0.4) is 0 Å². The van der Waals surface area contributed by atoms with Gasteiger partial charge >= 0.3 is 12.2 Å². The molecule has 1 aromatic heterocycles. The molecule has 4 rings (SSSR count). The fourth-order valence-corrected chi connectivity index (χ4v) is 4.06. The Morgan fingerprint density at radius 3 is 2.61 bits per heavy atom. The summed E-state index contributed by atoms with van der Waals surface area (Å²) in [7, 11) is 0. The minimum absolute atomic E-state index is 0.165. The number of carbonyl (C=O) groups is 3. The van der Waals surface area contributed by atoms with Gasteiger partial charge in [0.1, 0.15) is 24.1 Å². The first-order chi connectivity index (χ1) is 17.1. The summed E-state index contributed by atoms with van der Waals surface area (Å²) in [6, 6.07) is 4.63. The lowest BCUT2D eigenvalue weighted by molar-refractivity contribution is -0.130. The number of hydrogen-bond acceptors (Lipinski definition) is 8. The van der Waals surface area contributed by atoms with E-state index in [-0.39, 0.29) is 19.0 Å². The van der Waals surface area contributed by atoms with Crippen molar-refractivity contribution in [3.05, 3.63) is 36.4 Å². The molecule has 36 heavy (non-hydrogen) atoms. The Hall–Kier alpha value is -3.90. The zero-order chi connectivity index (χ0) is 25.9. The zero-order valence-corrected chi connectivity index (χ0v) is 20.5. The third kappa shape index (κ3) is 6.20. The smallest absolute Gasteiger partial charge is 0.414 e. The molecular weight excluding hydrogens is 473 g/mol. The first-order valence-electron chi connectivity index (χ1n) is 11.7. The second-order valence-corrected chi connectivity index (χ2v) is 9.60. The minimum Gasteiger partial charge on any atom is -0.444 e. The van der Waals surface area contributed by atoms with Crippen molar-refractivity contribution in [2.45, 2.75) is 39.0 Å². The summed E-state index contributed by atoms with van der Waals surface area (Å²) in [5.74, 6) is -0.698. The van der Waals surface area contributed by atoms with Gasteiger partial charge in [-0.25, -0.2) is 18.7 Å². The van der Waals surface area contributed by atoms with Gasteiger partial charge in [-0.1, -0.05) is 5.21 Å². The maximum Gasteiger partial charge on any atom is 0.414 e. The summed E-state index contributed by atoms with van der Waals surface area (Å²) in [6.07, 6.45) is 1.61. The molecule has 2 aliphatic heterocycles. The van der Waals surface area contributed by atoms with Gasteiger partial charge < -0.3 is 24.6 Å². The molecule has 1 atom stereocenters. The molecule has 3 amide bonds. The van der Waals surface area contributed by atoms with Crippen LogP contribution in [-0.2, 0) is 20.8 Å². The highest BCUT2D eigenvalue weighted by Gasteiger charge is 2.33. The van der Waals surface area contributed by atoms with Crippen LogP contribution in [0.25, 0.3) is 0 Å². The van der Waals surface area contributed by atoms with Crippen molar-refractivity contribution in [2.24, 2.45) is 0 Å². The van der Waals surface area contributed by atoms with Crippen molar-refractivity contribution in [3.63, 3.8) is 0 Å². The predicted octanol–water partition coefficient (Wildman–Crippen LogP) is 1.62. The van der Waals surface area contributed by atoms with Crippen LogP contribution in [0.5, 0.6) is 0 Å². The summed E-state index contributed by atoms with van der Waals surface area (Å²) in [5.41, 5.74) is 0.154. The van der Waals surface area contributed by atoms with Crippen LogP contribution in [-0.4, -0.2) is 89.0 Å². The van der Waals surface area contributed by atoms with E-state index >= 15 is 4.39 Å². The molecule has 0 aliphatic carbocycles. The van der Waals surface area contributed by atoms with Crippen molar-refractivity contribution in [1.82, 2.24) is 25.2 Å². The van der Waals surface area contributed by atoms with Crippen molar-refractivity contribution < 1.29 is 28.2 Å². The van der Waals surface area contributed by atoms with Gasteiger partial charge in [0.05, 0.1) is 30.7 Å². The molecule has 1 aromatic carbocycles. The maximum atomic E-state index is 15.0. The third-order valence-corrected chi connectivity index (χ3v) is 5.74. The van der Waals surface area contributed by atoms with E-state index in [1.54, 1.807) is 54.9 Å². The Kier molecular flexibility index (Phi) is 7.27. The van der Waals surface area contributed by atoms with Gasteiger partial charge in [0.2, 0.25) is 5.91 Å². The largest absolute Gasteiger partial charge is 0.444 e. The van der Waals surface area contributed by atoms with Crippen molar-refractivity contribution in [3.8, 4) is 0 Å². The number of anilines is 2. The fraction of sp³-hybridized carbons (Fsp3) is 0.522. The van der Waals surface area contributed by atoms with E-state index in [4.69, 9.17) is 9.47 Å². The number of halogens is 1. The Morgan fingerprint density at radius 2 is 1.97 bits per heavy atom. The van der Waals surface area contributed by atoms with Gasteiger partial charge in [0.25, 0.3) is 0 Å². The molecule has 0 bridgehead atoms. The average Bonchev–Trinajstić information content (AvgIpc) is 3.46. The van der Waals surface area contributed by atoms with Crippen LogP contribution in [0.4, 0.5) is 25.4 Å². The minimum atomic E-state index is -0.650. The lowest BCUT2D eigenvalue weighted by Gasteiger charge is -2.36. The highest BCUT2D eigenvalue weighted by Crippen LogP contribution is 2.29. The number of amides is 3. The van der Waals surface area contributed by atoms with Crippen LogP contribution >= 0.6 is 0 Å². The second kappa shape index (κ2) is 10.4. The Labute approximate surface area is 207 Å². The van der Waals surface area contributed by atoms with Crippen molar-refractivity contribution >= 4 is 29.5 Å². The van der Waals surface area contributed by atoms with Gasteiger partial charge in [-0.15, -0.1) is 5.10 Å². The van der Waals surface area contributed by atoms with Crippen LogP contribution < -0.4 is 15.1 Å². The number of hydrogen-bond donors (Lipinski definition) is 1. The van der Waals surface area contributed by atoms with Crippen LogP contribution in [0.2, 0.25) is 0 Å². The van der Waals surface area contributed by atoms with Gasteiger partial charge in [0, 0.05) is 32.4 Å². The molecule has 2 aromatic rings. The normalized spacial score (nSPS) is 18.3. The molecule has 0 saturated carbocycles. The highest BCUT2D eigenvalue weighted by atomic mass is 19.1. The van der Waals surface area contributed by atoms with E-state index in [9.17, 15) is 14.4 Å². The number of nitrogens with one attached hydrogen (secondary N) is 1. The number of aromatic nitrogens is 3. The molecule has 12 nitrogen and oxygen atoms in total. The molecule has 0 unspecified atom stereocenters. The van der Waals surface area contributed by atoms with Gasteiger partial charge in [-0.3, -0.25) is 9.69 Å². The Bertz CT molecular complexity index is 1100. The van der Waals surface area contributed by atoms with Crippen molar-refractivity contribution in [2.75, 3.05) is 49.1 Å². The third-order valence-electron chi connectivity index (χ3n) is 5.74. The average molecular weight is 504 g/mol. The summed E-state index contributed by atoms with van der Waals surface area (Å²) >= 11 is 0. The number of alkyl carbamates (subject to hydrolysis) is 1. The number of nitrogens with zero attached hydrogens (tertiary/aromatic N) is 6. The quantitative estimate of drug-likeness (QED) is 0.631. The molecule has 13 heteroatoms. The second-order valence-electron chi connectivity index (χ2n) is 9.60. The van der Waals surface area contributed by atoms with E-state index in [0.717, 1.165) is 0 Å². The molecule has 0 spiro atoms. The summed E-state index contributed by atoms with van der Waals surface area (Å²) < 4.78 is 27.1. The summed E-state index contributed by atoms with van der Waals surface area (Å²) in [6.45, 7) is 7.34. The van der Waals surface area contributed by atoms with E-state index in [1.807, 2.05) is 4.90 Å². The monoisotopic (exact) mass is 503 g/mol. The topological polar surface area (TPSA) is 122 Å². The lowest BCUT2D eigenvalue weighted by Crippen LogP contribution is -2.51. The molecular formula is C23H30FN7O5. The molecule has 1 N–H and O–H groups in total. The lowest BCUT2D eigenvalue weighted by atomic mass is 10.2. The number of rotatable bonds is 6. The molecule has 2 fully saturated rings.